The second kappa shape index (κ2) is 12.1. The average Bonchev–Trinajstić information content (AvgIpc) is 2.84. The van der Waals surface area contributed by atoms with Gasteiger partial charge in [-0.3, -0.25) is 4.79 Å². The first-order chi connectivity index (χ1) is 17.4. The van der Waals surface area contributed by atoms with Crippen LogP contribution in [-0.2, 0) is 31.4 Å². The Morgan fingerprint density at radius 1 is 0.865 bits per heavy atom. The number of benzene rings is 3. The fraction of sp³-hybridized carbons (Fsp3) is 0.240. The molecule has 0 aromatic heterocycles. The van der Waals surface area contributed by atoms with Crippen LogP contribution < -0.4 is 10.0 Å². The fourth-order valence-corrected chi connectivity index (χ4v) is 5.97. The van der Waals surface area contributed by atoms with Crippen LogP contribution in [0, 0.1) is 19.7 Å². The van der Waals surface area contributed by atoms with Crippen molar-refractivity contribution in [3.05, 3.63) is 94.3 Å². The normalized spacial score (nSPS) is 12.0. The molecule has 0 aliphatic carbocycles. The Kier molecular flexibility index (Phi) is 9.43. The SMILES string of the molecule is Cc1ccc(S(=O)(=O)NCCNC(=O)CN(Cc2c(F)cccc2Cl)S(=O)(=O)c2ccc(C)cc2)cc1. The molecule has 0 saturated carbocycles. The van der Waals surface area contributed by atoms with Gasteiger partial charge in [-0.15, -0.1) is 0 Å². The number of rotatable bonds is 11. The third-order valence-corrected chi connectivity index (χ3v) is 9.08. The van der Waals surface area contributed by atoms with Gasteiger partial charge in [0.15, 0.2) is 0 Å². The zero-order valence-corrected chi connectivity index (χ0v) is 22.6. The van der Waals surface area contributed by atoms with Gasteiger partial charge in [0.05, 0.1) is 16.3 Å². The van der Waals surface area contributed by atoms with Crippen molar-refractivity contribution in [2.75, 3.05) is 19.6 Å². The molecular weight excluding hydrogens is 541 g/mol. The molecule has 37 heavy (non-hydrogen) atoms. The molecule has 2 N–H and O–H groups in total. The highest BCUT2D eigenvalue weighted by molar-refractivity contribution is 7.89. The summed E-state index contributed by atoms with van der Waals surface area (Å²) in [4.78, 5) is 12.7. The first-order valence-corrected chi connectivity index (χ1v) is 14.5. The molecule has 0 aliphatic heterocycles. The molecule has 3 aromatic carbocycles. The Hall–Kier alpha value is -2.83. The molecule has 0 spiro atoms. The Labute approximate surface area is 221 Å². The van der Waals surface area contributed by atoms with E-state index in [0.717, 1.165) is 21.5 Å². The highest BCUT2D eigenvalue weighted by Crippen LogP contribution is 2.24. The molecule has 0 radical (unpaired) electrons. The molecule has 0 bridgehead atoms. The quantitative estimate of drug-likeness (QED) is 0.345. The van der Waals surface area contributed by atoms with Gasteiger partial charge in [-0.2, -0.15) is 4.31 Å². The maximum atomic E-state index is 14.4. The second-order valence-electron chi connectivity index (χ2n) is 8.35. The number of amides is 1. The summed E-state index contributed by atoms with van der Waals surface area (Å²) in [7, 11) is -7.98. The summed E-state index contributed by atoms with van der Waals surface area (Å²) in [5, 5.41) is 2.52. The van der Waals surface area contributed by atoms with Crippen LogP contribution >= 0.6 is 11.6 Å². The Bertz CT molecular complexity index is 1440. The summed E-state index contributed by atoms with van der Waals surface area (Å²) in [5.41, 5.74) is 1.68. The third kappa shape index (κ3) is 7.59. The first-order valence-electron chi connectivity index (χ1n) is 11.2. The summed E-state index contributed by atoms with van der Waals surface area (Å²) in [6, 6.07) is 16.3. The number of nitrogens with one attached hydrogen (secondary N) is 2. The van der Waals surface area contributed by atoms with Crippen LogP contribution in [0.4, 0.5) is 4.39 Å². The van der Waals surface area contributed by atoms with E-state index in [1.54, 1.807) is 31.2 Å². The van der Waals surface area contributed by atoms with E-state index in [0.29, 0.717) is 0 Å². The first kappa shape index (κ1) is 28.7. The largest absolute Gasteiger partial charge is 0.354 e. The van der Waals surface area contributed by atoms with Crippen molar-refractivity contribution in [3.8, 4) is 0 Å². The van der Waals surface area contributed by atoms with E-state index < -0.39 is 44.9 Å². The van der Waals surface area contributed by atoms with Crippen molar-refractivity contribution >= 4 is 37.6 Å². The van der Waals surface area contributed by atoms with Crippen LogP contribution in [0.15, 0.2) is 76.5 Å². The smallest absolute Gasteiger partial charge is 0.243 e. The van der Waals surface area contributed by atoms with E-state index in [2.05, 4.69) is 10.0 Å². The summed E-state index contributed by atoms with van der Waals surface area (Å²) >= 11 is 6.10. The summed E-state index contributed by atoms with van der Waals surface area (Å²) in [5.74, 6) is -1.40. The van der Waals surface area contributed by atoms with Gasteiger partial charge >= 0.3 is 0 Å². The number of hydrogen-bond donors (Lipinski definition) is 2. The lowest BCUT2D eigenvalue weighted by Crippen LogP contribution is -2.42. The number of aryl methyl sites for hydroxylation is 2. The number of sulfonamides is 2. The maximum absolute atomic E-state index is 14.4. The Morgan fingerprint density at radius 2 is 1.43 bits per heavy atom. The molecule has 0 fully saturated rings. The average molecular weight is 568 g/mol. The third-order valence-electron chi connectivity index (χ3n) is 5.45. The monoisotopic (exact) mass is 567 g/mol. The van der Waals surface area contributed by atoms with Gasteiger partial charge in [0, 0.05) is 30.2 Å². The molecule has 3 aromatic rings. The predicted molar refractivity (Wildman–Crippen MR) is 140 cm³/mol. The molecule has 0 unspecified atom stereocenters. The van der Waals surface area contributed by atoms with E-state index in [1.165, 1.54) is 36.4 Å². The predicted octanol–water partition coefficient (Wildman–Crippen LogP) is 3.38. The zero-order chi connectivity index (χ0) is 27.2. The van der Waals surface area contributed by atoms with Crippen LogP contribution in [0.3, 0.4) is 0 Å². The van der Waals surface area contributed by atoms with E-state index in [-0.39, 0.29) is 33.5 Å². The highest BCUT2D eigenvalue weighted by Gasteiger charge is 2.28. The molecule has 1 amide bonds. The molecule has 8 nitrogen and oxygen atoms in total. The number of hydrogen-bond acceptors (Lipinski definition) is 5. The standard InChI is InChI=1S/C25H27ClFN3O5S2/c1-18-6-10-20(11-7-18)36(32,33)29-15-14-28-25(31)17-30(16-22-23(26)4-3-5-24(22)27)37(34,35)21-12-8-19(2)9-13-21/h3-13,29H,14-17H2,1-2H3,(H,28,31). The minimum absolute atomic E-state index is 0.0232. The van der Waals surface area contributed by atoms with Crippen LogP contribution in [0.25, 0.3) is 0 Å². The van der Waals surface area contributed by atoms with Gasteiger partial charge in [0.2, 0.25) is 26.0 Å². The van der Waals surface area contributed by atoms with E-state index in [1.807, 2.05) is 6.92 Å². The Balaban J connectivity index is 1.71. The fourth-order valence-electron chi connectivity index (χ4n) is 3.35. The summed E-state index contributed by atoms with van der Waals surface area (Å²) in [6.45, 7) is 2.31. The van der Waals surface area contributed by atoms with Crippen LogP contribution in [0.1, 0.15) is 16.7 Å². The van der Waals surface area contributed by atoms with Gasteiger partial charge in [0.25, 0.3) is 0 Å². The lowest BCUT2D eigenvalue weighted by molar-refractivity contribution is -0.121. The van der Waals surface area contributed by atoms with Crippen molar-refractivity contribution in [2.24, 2.45) is 0 Å². The molecule has 0 saturated heterocycles. The molecular formula is C25H27ClFN3O5S2. The number of halogens is 2. The lowest BCUT2D eigenvalue weighted by Gasteiger charge is -2.23. The second-order valence-corrected chi connectivity index (χ2v) is 12.5. The molecule has 0 aliphatic rings. The van der Waals surface area contributed by atoms with Crippen LogP contribution in [-0.4, -0.2) is 46.7 Å². The van der Waals surface area contributed by atoms with E-state index >= 15 is 0 Å². The van der Waals surface area contributed by atoms with Crippen molar-refractivity contribution in [2.45, 2.75) is 30.2 Å². The number of carbonyl (C=O) groups excluding carboxylic acids is 1. The topological polar surface area (TPSA) is 113 Å². The minimum atomic E-state index is -4.20. The highest BCUT2D eigenvalue weighted by atomic mass is 35.5. The van der Waals surface area contributed by atoms with Gasteiger partial charge in [-0.05, 0) is 50.2 Å². The van der Waals surface area contributed by atoms with Gasteiger partial charge in [-0.25, -0.2) is 25.9 Å². The van der Waals surface area contributed by atoms with Gasteiger partial charge in [0.1, 0.15) is 5.82 Å². The molecule has 3 rings (SSSR count). The van der Waals surface area contributed by atoms with E-state index in [4.69, 9.17) is 11.6 Å². The number of nitrogens with zero attached hydrogens (tertiary/aromatic N) is 1. The van der Waals surface area contributed by atoms with Crippen molar-refractivity contribution in [1.82, 2.24) is 14.3 Å². The molecule has 0 heterocycles. The summed E-state index contributed by atoms with van der Waals surface area (Å²) < 4.78 is 69.1. The van der Waals surface area contributed by atoms with E-state index in [9.17, 15) is 26.0 Å². The number of carbonyl (C=O) groups is 1. The van der Waals surface area contributed by atoms with Crippen molar-refractivity contribution in [3.63, 3.8) is 0 Å². The van der Waals surface area contributed by atoms with Crippen LogP contribution in [0.2, 0.25) is 5.02 Å². The molecule has 198 valence electrons. The molecule has 0 atom stereocenters. The van der Waals surface area contributed by atoms with Crippen molar-refractivity contribution < 1.29 is 26.0 Å². The van der Waals surface area contributed by atoms with Gasteiger partial charge < -0.3 is 5.32 Å². The van der Waals surface area contributed by atoms with Crippen LogP contribution in [0.5, 0.6) is 0 Å². The minimum Gasteiger partial charge on any atom is -0.354 e. The molecule has 12 heteroatoms. The summed E-state index contributed by atoms with van der Waals surface area (Å²) in [6.07, 6.45) is 0. The Morgan fingerprint density at radius 3 is 2.00 bits per heavy atom. The van der Waals surface area contributed by atoms with Crippen molar-refractivity contribution in [1.29, 1.82) is 0 Å². The van der Waals surface area contributed by atoms with Gasteiger partial charge in [-0.1, -0.05) is 53.1 Å². The maximum Gasteiger partial charge on any atom is 0.243 e. The lowest BCUT2D eigenvalue weighted by atomic mass is 10.2. The zero-order valence-electron chi connectivity index (χ0n) is 20.2.